The lowest BCUT2D eigenvalue weighted by Crippen LogP contribution is -2.22. The van der Waals surface area contributed by atoms with Crippen molar-refractivity contribution < 1.29 is 9.13 Å². The van der Waals surface area contributed by atoms with E-state index < -0.39 is 0 Å². The molecule has 0 bridgehead atoms. The van der Waals surface area contributed by atoms with Gasteiger partial charge in [-0.2, -0.15) is 0 Å². The maximum atomic E-state index is 13.7. The van der Waals surface area contributed by atoms with E-state index in [0.29, 0.717) is 20.8 Å². The van der Waals surface area contributed by atoms with Crippen molar-refractivity contribution in [3.8, 4) is 5.75 Å². The first-order valence-electron chi connectivity index (χ1n) is 9.07. The molecule has 0 unspecified atom stereocenters. The van der Waals surface area contributed by atoms with Gasteiger partial charge in [-0.15, -0.1) is 0 Å². The van der Waals surface area contributed by atoms with Crippen LogP contribution in [0.25, 0.3) is 22.1 Å². The number of aromatic nitrogens is 2. The molecule has 0 radical (unpaired) electrons. The Kier molecular flexibility index (Phi) is 4.33. The molecule has 0 saturated carbocycles. The Balaban J connectivity index is 1.42. The van der Waals surface area contributed by atoms with Gasteiger partial charge in [0.25, 0.3) is 5.56 Å². The molecule has 3 aromatic carbocycles. The van der Waals surface area contributed by atoms with E-state index in [2.05, 4.69) is 4.98 Å². The molecular weight excluding hydrogens is 387 g/mol. The van der Waals surface area contributed by atoms with Crippen LogP contribution in [0.1, 0.15) is 11.1 Å². The molecule has 5 aromatic rings. The van der Waals surface area contributed by atoms with E-state index in [-0.39, 0.29) is 18.0 Å². The molecule has 6 heteroatoms. The number of benzene rings is 3. The summed E-state index contributed by atoms with van der Waals surface area (Å²) in [6, 6.07) is 21.5. The fourth-order valence-electron chi connectivity index (χ4n) is 3.20. The number of para-hydroxylation sites is 2. The normalized spacial score (nSPS) is 12.1. The van der Waals surface area contributed by atoms with Crippen LogP contribution in [0.15, 0.2) is 77.6 Å². The second-order valence-electron chi connectivity index (χ2n) is 6.58. The number of ether oxygens (including phenoxy) is 1. The predicted octanol–water partition coefficient (Wildman–Crippen LogP) is 4.18. The number of imidazole rings is 1. The van der Waals surface area contributed by atoms with Crippen molar-refractivity contribution in [2.24, 2.45) is 0 Å². The number of hydrogen-bond acceptors (Lipinski definition) is 4. The summed E-state index contributed by atoms with van der Waals surface area (Å²) in [6.07, 6.45) is 1.84. The molecule has 0 amide bonds. The van der Waals surface area contributed by atoms with Gasteiger partial charge >= 0.3 is 0 Å². The van der Waals surface area contributed by atoms with E-state index in [1.54, 1.807) is 22.6 Å². The Labute approximate surface area is 169 Å². The maximum Gasteiger partial charge on any atom is 0.274 e. The zero-order chi connectivity index (χ0) is 19.8. The van der Waals surface area contributed by atoms with Gasteiger partial charge in [0.05, 0.1) is 15.6 Å². The van der Waals surface area contributed by atoms with Crippen LogP contribution in [-0.4, -0.2) is 9.38 Å². The number of rotatable bonds is 4. The summed E-state index contributed by atoms with van der Waals surface area (Å²) in [5, 5.41) is 0. The van der Waals surface area contributed by atoms with E-state index in [9.17, 15) is 9.18 Å². The van der Waals surface area contributed by atoms with Crippen LogP contribution in [0.3, 0.4) is 0 Å². The van der Waals surface area contributed by atoms with Crippen molar-refractivity contribution in [2.45, 2.75) is 6.61 Å². The van der Waals surface area contributed by atoms with Crippen LogP contribution in [0.4, 0.5) is 4.39 Å². The van der Waals surface area contributed by atoms with Crippen molar-refractivity contribution >= 4 is 33.4 Å². The van der Waals surface area contributed by atoms with Crippen molar-refractivity contribution in [1.82, 2.24) is 9.38 Å². The summed E-state index contributed by atoms with van der Waals surface area (Å²) >= 11 is 1.37. The standard InChI is InChI=1S/C23H15FN2O2S/c24-18-6-2-1-5-16(18)14-28-17-11-9-15(10-12-17)13-21-22(27)26-20-8-4-3-7-19(20)25-23(26)29-21/h1-13H,14H2. The summed E-state index contributed by atoms with van der Waals surface area (Å²) in [6.45, 7) is 0.162. The maximum absolute atomic E-state index is 13.7. The van der Waals surface area contributed by atoms with E-state index in [1.807, 2.05) is 54.6 Å². The highest BCUT2D eigenvalue weighted by Crippen LogP contribution is 2.17. The van der Waals surface area contributed by atoms with Crippen LogP contribution in [-0.2, 0) is 6.61 Å². The minimum Gasteiger partial charge on any atom is -0.489 e. The SMILES string of the molecule is O=c1c(=Cc2ccc(OCc3ccccc3F)cc2)sc2nc3ccccc3n12. The molecule has 0 spiro atoms. The molecule has 0 fully saturated rings. The monoisotopic (exact) mass is 402 g/mol. The highest BCUT2D eigenvalue weighted by atomic mass is 32.1. The Morgan fingerprint density at radius 3 is 2.59 bits per heavy atom. The highest BCUT2D eigenvalue weighted by Gasteiger charge is 2.10. The smallest absolute Gasteiger partial charge is 0.274 e. The molecule has 142 valence electrons. The van der Waals surface area contributed by atoms with Crippen LogP contribution < -0.4 is 14.8 Å². The molecule has 0 aliphatic carbocycles. The topological polar surface area (TPSA) is 43.6 Å². The molecule has 29 heavy (non-hydrogen) atoms. The number of nitrogens with zero attached hydrogens (tertiary/aromatic N) is 2. The van der Waals surface area contributed by atoms with Gasteiger partial charge < -0.3 is 4.74 Å². The summed E-state index contributed by atoms with van der Waals surface area (Å²) in [4.78, 5) is 18.0. The minimum atomic E-state index is -0.282. The van der Waals surface area contributed by atoms with Gasteiger partial charge in [-0.05, 0) is 42.0 Å². The third-order valence-corrected chi connectivity index (χ3v) is 5.64. The molecule has 0 N–H and O–H groups in total. The Morgan fingerprint density at radius 1 is 1.00 bits per heavy atom. The van der Waals surface area contributed by atoms with Crippen molar-refractivity contribution in [2.75, 3.05) is 0 Å². The number of thiazole rings is 1. The van der Waals surface area contributed by atoms with Gasteiger partial charge in [-0.1, -0.05) is 53.8 Å². The summed E-state index contributed by atoms with van der Waals surface area (Å²) in [7, 11) is 0. The first-order chi connectivity index (χ1) is 14.2. The Hall–Kier alpha value is -3.51. The van der Waals surface area contributed by atoms with Gasteiger partial charge in [-0.3, -0.25) is 4.79 Å². The summed E-state index contributed by atoms with van der Waals surface area (Å²) in [5.74, 6) is 0.357. The fraction of sp³-hybridized carbons (Fsp3) is 0.0435. The van der Waals surface area contributed by atoms with Gasteiger partial charge in [0, 0.05) is 5.56 Å². The summed E-state index contributed by atoms with van der Waals surface area (Å²) < 4.78 is 21.6. The predicted molar refractivity (Wildman–Crippen MR) is 113 cm³/mol. The molecule has 2 aromatic heterocycles. The van der Waals surface area contributed by atoms with Gasteiger partial charge in [0.1, 0.15) is 18.2 Å². The first kappa shape index (κ1) is 17.6. The third-order valence-electron chi connectivity index (χ3n) is 4.68. The second kappa shape index (κ2) is 7.14. The zero-order valence-electron chi connectivity index (χ0n) is 15.2. The molecular formula is C23H15FN2O2S. The van der Waals surface area contributed by atoms with Crippen LogP contribution in [0.2, 0.25) is 0 Å². The molecule has 2 heterocycles. The van der Waals surface area contributed by atoms with Crippen LogP contribution in [0, 0.1) is 5.82 Å². The minimum absolute atomic E-state index is 0.0708. The molecule has 0 aliphatic rings. The highest BCUT2D eigenvalue weighted by molar-refractivity contribution is 7.15. The third kappa shape index (κ3) is 3.28. The summed E-state index contributed by atoms with van der Waals surface area (Å²) in [5.41, 5.74) is 2.96. The van der Waals surface area contributed by atoms with E-state index in [0.717, 1.165) is 16.6 Å². The van der Waals surface area contributed by atoms with Crippen molar-refractivity contribution in [3.05, 3.63) is 105 Å². The number of hydrogen-bond donors (Lipinski definition) is 0. The molecule has 4 nitrogen and oxygen atoms in total. The largest absolute Gasteiger partial charge is 0.489 e. The van der Waals surface area contributed by atoms with E-state index in [1.165, 1.54) is 17.4 Å². The van der Waals surface area contributed by atoms with E-state index >= 15 is 0 Å². The zero-order valence-corrected chi connectivity index (χ0v) is 16.0. The van der Waals surface area contributed by atoms with Crippen LogP contribution in [0.5, 0.6) is 5.75 Å². The van der Waals surface area contributed by atoms with E-state index in [4.69, 9.17) is 4.74 Å². The molecule has 0 saturated heterocycles. The fourth-order valence-corrected chi connectivity index (χ4v) is 4.19. The molecule has 0 atom stereocenters. The quantitative estimate of drug-likeness (QED) is 0.453. The average Bonchev–Trinajstić information content (AvgIpc) is 3.25. The van der Waals surface area contributed by atoms with Crippen molar-refractivity contribution in [3.63, 3.8) is 0 Å². The molecule has 0 aliphatic heterocycles. The van der Waals surface area contributed by atoms with Crippen LogP contribution >= 0.6 is 11.3 Å². The number of fused-ring (bicyclic) bond motifs is 3. The van der Waals surface area contributed by atoms with Crippen molar-refractivity contribution in [1.29, 1.82) is 0 Å². The lowest BCUT2D eigenvalue weighted by Gasteiger charge is -2.07. The average molecular weight is 402 g/mol. The Morgan fingerprint density at radius 2 is 1.76 bits per heavy atom. The Bertz CT molecular complexity index is 1440. The van der Waals surface area contributed by atoms with Gasteiger partial charge in [0.15, 0.2) is 4.96 Å². The lowest BCUT2D eigenvalue weighted by atomic mass is 10.2. The van der Waals surface area contributed by atoms with Gasteiger partial charge in [0.2, 0.25) is 0 Å². The lowest BCUT2D eigenvalue weighted by molar-refractivity contribution is 0.300. The first-order valence-corrected chi connectivity index (χ1v) is 9.89. The van der Waals surface area contributed by atoms with Gasteiger partial charge in [-0.25, -0.2) is 13.8 Å². The molecule has 5 rings (SSSR count). The number of halogens is 1. The second-order valence-corrected chi connectivity index (χ2v) is 7.59.